The fourth-order valence-electron chi connectivity index (χ4n) is 2.48. The van der Waals surface area contributed by atoms with E-state index >= 15 is 0 Å². The second kappa shape index (κ2) is 7.29. The van der Waals surface area contributed by atoms with E-state index in [-0.39, 0.29) is 29.4 Å². The van der Waals surface area contributed by atoms with Crippen molar-refractivity contribution in [2.75, 3.05) is 32.8 Å². The molecule has 0 spiro atoms. The van der Waals surface area contributed by atoms with Crippen molar-refractivity contribution in [1.29, 1.82) is 0 Å². The van der Waals surface area contributed by atoms with Crippen LogP contribution in [0.3, 0.4) is 0 Å². The molecule has 24 heavy (non-hydrogen) atoms. The van der Waals surface area contributed by atoms with Gasteiger partial charge in [0.1, 0.15) is 0 Å². The zero-order chi connectivity index (χ0) is 17.8. The molecular formula is C16H21F3N2O3. The molecule has 1 saturated heterocycles. The summed E-state index contributed by atoms with van der Waals surface area (Å²) in [5.41, 5.74) is 5.61. The molecule has 8 heteroatoms. The molecule has 2 N–H and O–H groups in total. The zero-order valence-electron chi connectivity index (χ0n) is 13.4. The Morgan fingerprint density at radius 1 is 1.29 bits per heavy atom. The number of nitrogens with two attached hydrogens (primary N) is 1. The predicted molar refractivity (Wildman–Crippen MR) is 81.8 cm³/mol. The van der Waals surface area contributed by atoms with E-state index in [4.69, 9.17) is 15.2 Å². The maximum Gasteiger partial charge on any atom is 0.422 e. The minimum atomic E-state index is -4.44. The highest BCUT2D eigenvalue weighted by molar-refractivity contribution is 5.78. The molecule has 0 aliphatic carbocycles. The molecule has 1 aromatic rings. The lowest BCUT2D eigenvalue weighted by atomic mass is 9.90. The number of amides is 1. The maximum absolute atomic E-state index is 12.3. The molecule has 0 aromatic heterocycles. The molecule has 1 heterocycles. The van der Waals surface area contributed by atoms with Crippen LogP contribution in [0.4, 0.5) is 13.2 Å². The largest absolute Gasteiger partial charge is 0.480 e. The molecule has 0 bridgehead atoms. The lowest BCUT2D eigenvalue weighted by Crippen LogP contribution is -2.36. The lowest BCUT2D eigenvalue weighted by molar-refractivity contribution is -0.153. The number of carbonyl (C=O) groups excluding carboxylic acids is 1. The van der Waals surface area contributed by atoms with Crippen LogP contribution in [0.25, 0.3) is 0 Å². The van der Waals surface area contributed by atoms with Crippen molar-refractivity contribution in [2.45, 2.75) is 19.5 Å². The first kappa shape index (κ1) is 18.4. The number of ether oxygens (including phenoxy) is 2. The number of benzene rings is 1. The Labute approximate surface area is 138 Å². The molecular weight excluding hydrogens is 325 g/mol. The molecule has 1 unspecified atom stereocenters. The highest BCUT2D eigenvalue weighted by atomic mass is 19.4. The molecule has 1 amide bonds. The first-order valence-electron chi connectivity index (χ1n) is 7.62. The number of para-hydroxylation sites is 2. The third-order valence-corrected chi connectivity index (χ3v) is 4.00. The lowest BCUT2D eigenvalue weighted by Gasteiger charge is -2.22. The molecule has 1 atom stereocenters. The fraction of sp³-hybridized carbons (Fsp3) is 0.562. The van der Waals surface area contributed by atoms with Gasteiger partial charge in [-0.15, -0.1) is 0 Å². The fourth-order valence-corrected chi connectivity index (χ4v) is 2.48. The summed E-state index contributed by atoms with van der Waals surface area (Å²) in [6.45, 7) is 1.99. The Bertz CT molecular complexity index is 580. The van der Waals surface area contributed by atoms with Crippen LogP contribution in [0.1, 0.15) is 13.3 Å². The SMILES string of the molecule is CC1(CN)CCN(C(=O)COc2ccccc2OCC(F)(F)F)C1. The van der Waals surface area contributed by atoms with Gasteiger partial charge in [0.15, 0.2) is 24.7 Å². The van der Waals surface area contributed by atoms with Crippen LogP contribution < -0.4 is 15.2 Å². The smallest absolute Gasteiger partial charge is 0.422 e. The van der Waals surface area contributed by atoms with Crippen molar-refractivity contribution in [2.24, 2.45) is 11.1 Å². The second-order valence-corrected chi connectivity index (χ2v) is 6.22. The van der Waals surface area contributed by atoms with Crippen LogP contribution in [0.15, 0.2) is 24.3 Å². The van der Waals surface area contributed by atoms with Crippen molar-refractivity contribution in [1.82, 2.24) is 4.90 Å². The van der Waals surface area contributed by atoms with E-state index in [2.05, 4.69) is 0 Å². The third-order valence-electron chi connectivity index (χ3n) is 4.00. The molecule has 2 rings (SSSR count). The van der Waals surface area contributed by atoms with E-state index in [1.807, 2.05) is 6.92 Å². The molecule has 1 aliphatic heterocycles. The standard InChI is InChI=1S/C16H21F3N2O3/c1-15(9-20)6-7-21(10-15)14(22)8-23-12-4-2-3-5-13(12)24-11-16(17,18)19/h2-5H,6-11,20H2,1H3. The molecule has 1 aromatic carbocycles. The van der Waals surface area contributed by atoms with E-state index in [0.29, 0.717) is 19.6 Å². The summed E-state index contributed by atoms with van der Waals surface area (Å²) in [6.07, 6.45) is -3.62. The van der Waals surface area contributed by atoms with Gasteiger partial charge >= 0.3 is 6.18 Å². The zero-order valence-corrected chi connectivity index (χ0v) is 13.4. The number of hydrogen-bond donors (Lipinski definition) is 1. The predicted octanol–water partition coefficient (Wildman–Crippen LogP) is 2.20. The first-order valence-corrected chi connectivity index (χ1v) is 7.62. The van der Waals surface area contributed by atoms with Gasteiger partial charge < -0.3 is 20.1 Å². The number of rotatable bonds is 6. The number of likely N-dealkylation sites (tertiary alicyclic amines) is 1. The van der Waals surface area contributed by atoms with Gasteiger partial charge in [0.05, 0.1) is 0 Å². The first-order chi connectivity index (χ1) is 11.2. The van der Waals surface area contributed by atoms with Gasteiger partial charge in [-0.05, 0) is 30.5 Å². The molecule has 1 aliphatic rings. The number of nitrogens with zero attached hydrogens (tertiary/aromatic N) is 1. The number of halogens is 3. The van der Waals surface area contributed by atoms with Crippen LogP contribution in [-0.2, 0) is 4.79 Å². The molecule has 134 valence electrons. The number of hydrogen-bond acceptors (Lipinski definition) is 4. The molecule has 5 nitrogen and oxygen atoms in total. The van der Waals surface area contributed by atoms with Crippen molar-refractivity contribution in [3.63, 3.8) is 0 Å². The second-order valence-electron chi connectivity index (χ2n) is 6.22. The summed E-state index contributed by atoms with van der Waals surface area (Å²) in [6, 6.07) is 5.97. The number of alkyl halides is 3. The third kappa shape index (κ3) is 5.02. The molecule has 1 fully saturated rings. The van der Waals surface area contributed by atoms with E-state index in [0.717, 1.165) is 6.42 Å². The van der Waals surface area contributed by atoms with Crippen molar-refractivity contribution in [3.8, 4) is 11.5 Å². The minimum absolute atomic E-state index is 0.0455. The average molecular weight is 346 g/mol. The van der Waals surface area contributed by atoms with Gasteiger partial charge in [0.2, 0.25) is 0 Å². The van der Waals surface area contributed by atoms with E-state index < -0.39 is 12.8 Å². The van der Waals surface area contributed by atoms with Crippen LogP contribution in [0, 0.1) is 5.41 Å². The van der Waals surface area contributed by atoms with Crippen molar-refractivity contribution >= 4 is 5.91 Å². The van der Waals surface area contributed by atoms with E-state index in [1.54, 1.807) is 11.0 Å². The Hall–Kier alpha value is -1.96. The van der Waals surface area contributed by atoms with E-state index in [1.165, 1.54) is 18.2 Å². The van der Waals surface area contributed by atoms with Crippen LogP contribution in [-0.4, -0.2) is 49.8 Å². The summed E-state index contributed by atoms with van der Waals surface area (Å²) < 4.78 is 46.9. The Kier molecular flexibility index (Phi) is 5.58. The summed E-state index contributed by atoms with van der Waals surface area (Å²) in [5.74, 6) is -0.162. The molecule has 0 saturated carbocycles. The molecule has 0 radical (unpaired) electrons. The summed E-state index contributed by atoms with van der Waals surface area (Å²) in [4.78, 5) is 13.8. The maximum atomic E-state index is 12.3. The number of carbonyl (C=O) groups is 1. The van der Waals surface area contributed by atoms with Gasteiger partial charge in [-0.3, -0.25) is 4.79 Å². The highest BCUT2D eigenvalue weighted by Crippen LogP contribution is 2.30. The normalized spacial score (nSPS) is 21.0. The quantitative estimate of drug-likeness (QED) is 0.858. The van der Waals surface area contributed by atoms with Crippen molar-refractivity contribution in [3.05, 3.63) is 24.3 Å². The minimum Gasteiger partial charge on any atom is -0.480 e. The monoisotopic (exact) mass is 346 g/mol. The Balaban J connectivity index is 1.91. The topological polar surface area (TPSA) is 64.8 Å². The van der Waals surface area contributed by atoms with Crippen LogP contribution in [0.5, 0.6) is 11.5 Å². The average Bonchev–Trinajstić information content (AvgIpc) is 2.94. The summed E-state index contributed by atoms with van der Waals surface area (Å²) in [7, 11) is 0. The van der Waals surface area contributed by atoms with E-state index in [9.17, 15) is 18.0 Å². The van der Waals surface area contributed by atoms with Crippen LogP contribution >= 0.6 is 0 Å². The van der Waals surface area contributed by atoms with Gasteiger partial charge in [-0.25, -0.2) is 0 Å². The van der Waals surface area contributed by atoms with Gasteiger partial charge in [0.25, 0.3) is 5.91 Å². The summed E-state index contributed by atoms with van der Waals surface area (Å²) >= 11 is 0. The van der Waals surface area contributed by atoms with Crippen LogP contribution in [0.2, 0.25) is 0 Å². The van der Waals surface area contributed by atoms with Gasteiger partial charge in [-0.1, -0.05) is 19.1 Å². The Morgan fingerprint density at radius 3 is 2.46 bits per heavy atom. The Morgan fingerprint density at radius 2 is 1.92 bits per heavy atom. The van der Waals surface area contributed by atoms with Gasteiger partial charge in [-0.2, -0.15) is 13.2 Å². The highest BCUT2D eigenvalue weighted by Gasteiger charge is 2.35. The van der Waals surface area contributed by atoms with Gasteiger partial charge in [0, 0.05) is 13.1 Å². The van der Waals surface area contributed by atoms with Crippen molar-refractivity contribution < 1.29 is 27.4 Å². The summed E-state index contributed by atoms with van der Waals surface area (Å²) in [5, 5.41) is 0.